The molecule has 23 heavy (non-hydrogen) atoms. The summed E-state index contributed by atoms with van der Waals surface area (Å²) in [5, 5.41) is 1.18. The quantitative estimate of drug-likeness (QED) is 0.757. The van der Waals surface area contributed by atoms with Gasteiger partial charge in [0.2, 0.25) is 0 Å². The standard InChI is InChI=1S/C17H17N3O2S/c1-23(21,22)10-2-6-16(19-9-10)17-8-13-11-3-5-14(18)12(11)4-7-15(13)20-17/h2,4,6-9,14,20H,3,5,18H2,1H3/t14-/m0/s1. The highest BCUT2D eigenvalue weighted by Gasteiger charge is 2.22. The van der Waals surface area contributed by atoms with Crippen LogP contribution in [-0.2, 0) is 16.3 Å². The number of nitrogens with two attached hydrogens (primary N) is 1. The molecule has 1 atom stereocenters. The third-order valence-electron chi connectivity index (χ3n) is 4.50. The third-order valence-corrected chi connectivity index (χ3v) is 5.59. The Balaban J connectivity index is 1.81. The van der Waals surface area contributed by atoms with Crippen LogP contribution in [-0.4, -0.2) is 24.6 Å². The van der Waals surface area contributed by atoms with Crippen LogP contribution in [0, 0.1) is 0 Å². The number of hydrogen-bond donors (Lipinski definition) is 2. The minimum Gasteiger partial charge on any atom is -0.353 e. The van der Waals surface area contributed by atoms with Gasteiger partial charge in [-0.05, 0) is 48.2 Å². The van der Waals surface area contributed by atoms with Crippen LogP contribution in [0.4, 0.5) is 0 Å². The van der Waals surface area contributed by atoms with Crippen LogP contribution in [0.25, 0.3) is 22.3 Å². The fraction of sp³-hybridized carbons (Fsp3) is 0.235. The molecule has 0 saturated heterocycles. The number of H-pyrrole nitrogens is 1. The normalized spacial score (nSPS) is 17.6. The summed E-state index contributed by atoms with van der Waals surface area (Å²) in [7, 11) is -3.23. The number of nitrogens with one attached hydrogen (secondary N) is 1. The Morgan fingerprint density at radius 1 is 1.26 bits per heavy atom. The van der Waals surface area contributed by atoms with Crippen LogP contribution in [0.1, 0.15) is 23.6 Å². The van der Waals surface area contributed by atoms with Gasteiger partial charge in [0.05, 0.1) is 16.3 Å². The lowest BCUT2D eigenvalue weighted by Gasteiger charge is -2.04. The minimum absolute atomic E-state index is 0.125. The van der Waals surface area contributed by atoms with Crippen molar-refractivity contribution in [1.29, 1.82) is 0 Å². The van der Waals surface area contributed by atoms with E-state index in [1.165, 1.54) is 29.0 Å². The number of nitrogens with zero attached hydrogens (tertiary/aromatic N) is 1. The van der Waals surface area contributed by atoms with E-state index in [0.29, 0.717) is 0 Å². The Morgan fingerprint density at radius 3 is 2.78 bits per heavy atom. The maximum absolute atomic E-state index is 11.5. The molecule has 1 aliphatic rings. The van der Waals surface area contributed by atoms with Gasteiger partial charge in [0.15, 0.2) is 9.84 Å². The summed E-state index contributed by atoms with van der Waals surface area (Å²) in [4.78, 5) is 7.87. The summed E-state index contributed by atoms with van der Waals surface area (Å²) < 4.78 is 23.0. The molecule has 3 aromatic rings. The van der Waals surface area contributed by atoms with Crippen molar-refractivity contribution in [3.63, 3.8) is 0 Å². The molecule has 4 rings (SSSR count). The minimum atomic E-state index is -3.23. The summed E-state index contributed by atoms with van der Waals surface area (Å²) in [6.07, 6.45) is 4.55. The van der Waals surface area contributed by atoms with E-state index in [0.717, 1.165) is 29.7 Å². The molecule has 6 heteroatoms. The monoisotopic (exact) mass is 327 g/mol. The van der Waals surface area contributed by atoms with Crippen LogP contribution in [0.15, 0.2) is 41.4 Å². The van der Waals surface area contributed by atoms with Gasteiger partial charge in [0.1, 0.15) is 0 Å². The Labute approximate surface area is 134 Å². The van der Waals surface area contributed by atoms with E-state index in [1.807, 2.05) is 6.07 Å². The highest BCUT2D eigenvalue weighted by molar-refractivity contribution is 7.90. The molecule has 0 fully saturated rings. The first-order valence-electron chi connectivity index (χ1n) is 7.50. The molecule has 0 amide bonds. The average Bonchev–Trinajstić information content (AvgIpc) is 3.10. The lowest BCUT2D eigenvalue weighted by molar-refractivity contribution is 0.601. The Hall–Kier alpha value is -2.18. The number of benzene rings is 1. The van der Waals surface area contributed by atoms with E-state index in [1.54, 1.807) is 12.1 Å². The summed E-state index contributed by atoms with van der Waals surface area (Å²) in [6.45, 7) is 0. The van der Waals surface area contributed by atoms with Crippen molar-refractivity contribution in [2.75, 3.05) is 6.26 Å². The highest BCUT2D eigenvalue weighted by atomic mass is 32.2. The predicted molar refractivity (Wildman–Crippen MR) is 89.9 cm³/mol. The summed E-state index contributed by atoms with van der Waals surface area (Å²) in [5.41, 5.74) is 11.3. The van der Waals surface area contributed by atoms with Gasteiger partial charge in [-0.3, -0.25) is 4.98 Å². The number of aromatic amines is 1. The molecular weight excluding hydrogens is 310 g/mol. The van der Waals surface area contributed by atoms with E-state index in [9.17, 15) is 8.42 Å². The smallest absolute Gasteiger partial charge is 0.177 e. The third kappa shape index (κ3) is 2.34. The molecule has 0 spiro atoms. The predicted octanol–water partition coefficient (Wildman–Crippen LogP) is 2.58. The zero-order valence-electron chi connectivity index (χ0n) is 12.7. The number of rotatable bonds is 2. The molecule has 1 aliphatic carbocycles. The highest BCUT2D eigenvalue weighted by Crippen LogP contribution is 2.36. The fourth-order valence-corrected chi connectivity index (χ4v) is 3.82. The first-order valence-corrected chi connectivity index (χ1v) is 9.39. The number of hydrogen-bond acceptors (Lipinski definition) is 4. The van der Waals surface area contributed by atoms with E-state index in [2.05, 4.69) is 22.1 Å². The molecule has 2 aromatic heterocycles. The van der Waals surface area contributed by atoms with Crippen LogP contribution < -0.4 is 5.73 Å². The number of sulfone groups is 1. The van der Waals surface area contributed by atoms with Crippen molar-refractivity contribution in [2.24, 2.45) is 5.73 Å². The molecule has 0 radical (unpaired) electrons. The van der Waals surface area contributed by atoms with Gasteiger partial charge >= 0.3 is 0 Å². The van der Waals surface area contributed by atoms with Crippen molar-refractivity contribution >= 4 is 20.7 Å². The average molecular weight is 327 g/mol. The van der Waals surface area contributed by atoms with Crippen LogP contribution in [0.3, 0.4) is 0 Å². The van der Waals surface area contributed by atoms with E-state index >= 15 is 0 Å². The summed E-state index contributed by atoms with van der Waals surface area (Å²) in [6, 6.07) is 9.66. The zero-order valence-corrected chi connectivity index (χ0v) is 13.5. The van der Waals surface area contributed by atoms with E-state index in [-0.39, 0.29) is 10.9 Å². The second kappa shape index (κ2) is 4.91. The van der Waals surface area contributed by atoms with Gasteiger partial charge in [-0.1, -0.05) is 6.07 Å². The number of pyridine rings is 1. The molecule has 2 heterocycles. The van der Waals surface area contributed by atoms with Gasteiger partial charge in [-0.15, -0.1) is 0 Å². The zero-order chi connectivity index (χ0) is 16.2. The number of fused-ring (bicyclic) bond motifs is 3. The van der Waals surface area contributed by atoms with Crippen molar-refractivity contribution in [1.82, 2.24) is 9.97 Å². The maximum atomic E-state index is 11.5. The van der Waals surface area contributed by atoms with Gasteiger partial charge < -0.3 is 10.7 Å². The Morgan fingerprint density at radius 2 is 2.09 bits per heavy atom. The fourth-order valence-electron chi connectivity index (χ4n) is 3.26. The van der Waals surface area contributed by atoms with Crippen LogP contribution in [0.2, 0.25) is 0 Å². The molecule has 118 valence electrons. The largest absolute Gasteiger partial charge is 0.353 e. The van der Waals surface area contributed by atoms with Gasteiger partial charge in [-0.2, -0.15) is 0 Å². The molecular formula is C17H17N3O2S. The topological polar surface area (TPSA) is 88.8 Å². The first kappa shape index (κ1) is 14.4. The number of aromatic nitrogens is 2. The molecule has 1 aromatic carbocycles. The molecule has 0 unspecified atom stereocenters. The Bertz CT molecular complexity index is 1000. The molecule has 0 bridgehead atoms. The summed E-state index contributed by atoms with van der Waals surface area (Å²) >= 11 is 0. The van der Waals surface area contributed by atoms with Crippen molar-refractivity contribution in [2.45, 2.75) is 23.8 Å². The lowest BCUT2D eigenvalue weighted by atomic mass is 10.0. The maximum Gasteiger partial charge on any atom is 0.177 e. The lowest BCUT2D eigenvalue weighted by Crippen LogP contribution is -2.04. The van der Waals surface area contributed by atoms with E-state index in [4.69, 9.17) is 5.73 Å². The SMILES string of the molecule is CS(=O)(=O)c1ccc(-c2cc3c4c(ccc3[nH]2)[C@@H](N)CC4)nc1. The van der Waals surface area contributed by atoms with Crippen molar-refractivity contribution < 1.29 is 8.42 Å². The molecule has 5 nitrogen and oxygen atoms in total. The van der Waals surface area contributed by atoms with Gasteiger partial charge in [0.25, 0.3) is 0 Å². The van der Waals surface area contributed by atoms with Crippen LogP contribution in [0.5, 0.6) is 0 Å². The molecule has 3 N–H and O–H groups in total. The van der Waals surface area contributed by atoms with Crippen molar-refractivity contribution in [3.8, 4) is 11.4 Å². The summed E-state index contributed by atoms with van der Waals surface area (Å²) in [5.74, 6) is 0. The second-order valence-corrected chi connectivity index (χ2v) is 8.09. The van der Waals surface area contributed by atoms with Gasteiger partial charge in [0, 0.05) is 29.4 Å². The first-order chi connectivity index (χ1) is 10.9. The van der Waals surface area contributed by atoms with Gasteiger partial charge in [-0.25, -0.2) is 8.42 Å². The molecule has 0 saturated carbocycles. The van der Waals surface area contributed by atoms with Crippen molar-refractivity contribution in [3.05, 3.63) is 47.7 Å². The second-order valence-electron chi connectivity index (χ2n) is 6.07. The molecule has 0 aliphatic heterocycles. The van der Waals surface area contributed by atoms with Crippen LogP contribution >= 0.6 is 0 Å². The Kier molecular flexibility index (Phi) is 3.08. The van der Waals surface area contributed by atoms with E-state index < -0.39 is 9.84 Å². The number of aryl methyl sites for hydroxylation is 1.